The Balaban J connectivity index is 2.19. The highest BCUT2D eigenvalue weighted by molar-refractivity contribution is 7.98. The van der Waals surface area contributed by atoms with E-state index in [1.54, 1.807) is 11.8 Å². The predicted octanol–water partition coefficient (Wildman–Crippen LogP) is 2.25. The monoisotopic (exact) mass is 275 g/mol. The first-order valence-electron chi connectivity index (χ1n) is 5.92. The van der Waals surface area contributed by atoms with Gasteiger partial charge in [-0.2, -0.15) is 15.0 Å². The molecule has 0 spiro atoms. The standard InChI is InChI=1S/C13H17N5S/c1-7-4-8(2)11(9(3)5-7)19-6-10-16-12(14)18-13(15)17-10/h4-5H,6H2,1-3H3,(H4,14,15,16,17,18). The Labute approximate surface area is 116 Å². The van der Waals surface area contributed by atoms with Crippen LogP contribution >= 0.6 is 11.8 Å². The molecule has 0 aliphatic rings. The van der Waals surface area contributed by atoms with Gasteiger partial charge in [0.15, 0.2) is 0 Å². The lowest BCUT2D eigenvalue weighted by Gasteiger charge is -2.10. The van der Waals surface area contributed by atoms with E-state index >= 15 is 0 Å². The van der Waals surface area contributed by atoms with Crippen LogP contribution in [0.4, 0.5) is 11.9 Å². The van der Waals surface area contributed by atoms with Gasteiger partial charge < -0.3 is 11.5 Å². The minimum Gasteiger partial charge on any atom is -0.368 e. The van der Waals surface area contributed by atoms with Gasteiger partial charge in [-0.15, -0.1) is 11.8 Å². The zero-order valence-corrected chi connectivity index (χ0v) is 12.1. The molecule has 0 fully saturated rings. The predicted molar refractivity (Wildman–Crippen MR) is 78.9 cm³/mol. The molecule has 2 rings (SSSR count). The fraction of sp³-hybridized carbons (Fsp3) is 0.308. The summed E-state index contributed by atoms with van der Waals surface area (Å²) in [6, 6.07) is 4.34. The topological polar surface area (TPSA) is 90.7 Å². The molecule has 1 heterocycles. The van der Waals surface area contributed by atoms with Crippen molar-refractivity contribution in [1.82, 2.24) is 15.0 Å². The number of nitrogen functional groups attached to an aromatic ring is 2. The Bertz CT molecular complexity index is 569. The molecular weight excluding hydrogens is 258 g/mol. The summed E-state index contributed by atoms with van der Waals surface area (Å²) in [6.07, 6.45) is 0. The second kappa shape index (κ2) is 5.44. The van der Waals surface area contributed by atoms with Crippen molar-refractivity contribution in [3.63, 3.8) is 0 Å². The molecule has 5 nitrogen and oxygen atoms in total. The maximum absolute atomic E-state index is 5.56. The molecule has 100 valence electrons. The molecule has 1 aromatic carbocycles. The van der Waals surface area contributed by atoms with Crippen LogP contribution in [0.5, 0.6) is 0 Å². The molecular formula is C13H17N5S. The Morgan fingerprint density at radius 1 is 0.947 bits per heavy atom. The number of thioether (sulfide) groups is 1. The van der Waals surface area contributed by atoms with Gasteiger partial charge in [0.25, 0.3) is 0 Å². The first-order chi connectivity index (χ1) is 8.95. The lowest BCUT2D eigenvalue weighted by atomic mass is 10.1. The highest BCUT2D eigenvalue weighted by atomic mass is 32.2. The van der Waals surface area contributed by atoms with Crippen LogP contribution in [0, 0.1) is 20.8 Å². The number of benzene rings is 1. The molecule has 0 radical (unpaired) electrons. The number of aryl methyl sites for hydroxylation is 3. The van der Waals surface area contributed by atoms with E-state index in [-0.39, 0.29) is 11.9 Å². The van der Waals surface area contributed by atoms with Gasteiger partial charge in [-0.25, -0.2) is 0 Å². The summed E-state index contributed by atoms with van der Waals surface area (Å²) in [7, 11) is 0. The van der Waals surface area contributed by atoms with Gasteiger partial charge >= 0.3 is 0 Å². The normalized spacial score (nSPS) is 10.7. The van der Waals surface area contributed by atoms with E-state index in [9.17, 15) is 0 Å². The van der Waals surface area contributed by atoms with Gasteiger partial charge in [0, 0.05) is 4.90 Å². The SMILES string of the molecule is Cc1cc(C)c(SCc2nc(N)nc(N)n2)c(C)c1. The summed E-state index contributed by atoms with van der Waals surface area (Å²) in [5.74, 6) is 1.57. The number of anilines is 2. The lowest BCUT2D eigenvalue weighted by molar-refractivity contribution is 0.987. The van der Waals surface area contributed by atoms with E-state index in [0.29, 0.717) is 11.6 Å². The second-order valence-electron chi connectivity index (χ2n) is 4.48. The zero-order chi connectivity index (χ0) is 14.0. The van der Waals surface area contributed by atoms with Crippen LogP contribution in [0.2, 0.25) is 0 Å². The molecule has 0 unspecified atom stereocenters. The van der Waals surface area contributed by atoms with Crippen LogP contribution in [-0.4, -0.2) is 15.0 Å². The van der Waals surface area contributed by atoms with Crippen LogP contribution in [0.1, 0.15) is 22.5 Å². The molecule has 0 bridgehead atoms. The maximum Gasteiger partial charge on any atom is 0.225 e. The van der Waals surface area contributed by atoms with E-state index in [4.69, 9.17) is 11.5 Å². The van der Waals surface area contributed by atoms with Gasteiger partial charge in [0.2, 0.25) is 11.9 Å². The van der Waals surface area contributed by atoms with Crippen LogP contribution < -0.4 is 11.5 Å². The molecule has 0 aliphatic carbocycles. The van der Waals surface area contributed by atoms with E-state index in [0.717, 1.165) is 0 Å². The molecule has 0 aliphatic heterocycles. The van der Waals surface area contributed by atoms with Crippen LogP contribution in [0.3, 0.4) is 0 Å². The van der Waals surface area contributed by atoms with Crippen molar-refractivity contribution < 1.29 is 0 Å². The zero-order valence-electron chi connectivity index (χ0n) is 11.3. The summed E-state index contributed by atoms with van der Waals surface area (Å²) in [6.45, 7) is 6.32. The number of nitrogens with zero attached hydrogens (tertiary/aromatic N) is 3. The quantitative estimate of drug-likeness (QED) is 0.835. The van der Waals surface area contributed by atoms with Crippen molar-refractivity contribution in [3.8, 4) is 0 Å². The largest absolute Gasteiger partial charge is 0.368 e. The Hall–Kier alpha value is -1.82. The van der Waals surface area contributed by atoms with Crippen molar-refractivity contribution in [1.29, 1.82) is 0 Å². The molecule has 0 amide bonds. The highest BCUT2D eigenvalue weighted by Crippen LogP contribution is 2.29. The van der Waals surface area contributed by atoms with Crippen molar-refractivity contribution in [2.75, 3.05) is 11.5 Å². The van der Waals surface area contributed by atoms with Crippen LogP contribution in [0.15, 0.2) is 17.0 Å². The van der Waals surface area contributed by atoms with E-state index in [1.807, 2.05) is 0 Å². The molecule has 19 heavy (non-hydrogen) atoms. The van der Waals surface area contributed by atoms with Crippen molar-refractivity contribution >= 4 is 23.7 Å². The molecule has 4 N–H and O–H groups in total. The Morgan fingerprint density at radius 2 is 1.47 bits per heavy atom. The van der Waals surface area contributed by atoms with Gasteiger partial charge in [0.05, 0.1) is 5.75 Å². The third-order valence-electron chi connectivity index (χ3n) is 2.67. The second-order valence-corrected chi connectivity index (χ2v) is 5.47. The molecule has 1 aromatic heterocycles. The van der Waals surface area contributed by atoms with Gasteiger partial charge in [-0.1, -0.05) is 17.7 Å². The molecule has 0 saturated heterocycles. The van der Waals surface area contributed by atoms with Gasteiger partial charge in [-0.3, -0.25) is 0 Å². The first-order valence-corrected chi connectivity index (χ1v) is 6.91. The van der Waals surface area contributed by atoms with Crippen LogP contribution in [-0.2, 0) is 5.75 Å². The summed E-state index contributed by atoms with van der Waals surface area (Å²) < 4.78 is 0. The minimum absolute atomic E-state index is 0.167. The maximum atomic E-state index is 5.56. The lowest BCUT2D eigenvalue weighted by Crippen LogP contribution is -2.06. The molecule has 0 saturated carbocycles. The number of rotatable bonds is 3. The number of nitrogens with two attached hydrogens (primary N) is 2. The Kier molecular flexibility index (Phi) is 3.90. The van der Waals surface area contributed by atoms with Crippen molar-refractivity contribution in [2.45, 2.75) is 31.4 Å². The summed E-state index contributed by atoms with van der Waals surface area (Å²) in [4.78, 5) is 13.2. The molecule has 2 aromatic rings. The highest BCUT2D eigenvalue weighted by Gasteiger charge is 2.07. The van der Waals surface area contributed by atoms with Crippen LogP contribution in [0.25, 0.3) is 0 Å². The van der Waals surface area contributed by atoms with Gasteiger partial charge in [0.1, 0.15) is 5.82 Å². The van der Waals surface area contributed by atoms with E-state index < -0.39 is 0 Å². The van der Waals surface area contributed by atoms with E-state index in [2.05, 4.69) is 47.9 Å². The molecule has 0 atom stereocenters. The summed E-state index contributed by atoms with van der Waals surface area (Å²) >= 11 is 1.69. The fourth-order valence-corrected chi connectivity index (χ4v) is 3.03. The van der Waals surface area contributed by atoms with Crippen molar-refractivity contribution in [2.24, 2.45) is 0 Å². The number of aromatic nitrogens is 3. The third kappa shape index (κ3) is 3.35. The number of hydrogen-bond donors (Lipinski definition) is 2. The molecule has 6 heteroatoms. The summed E-state index contributed by atoms with van der Waals surface area (Å²) in [5.41, 5.74) is 14.9. The third-order valence-corrected chi connectivity index (χ3v) is 4.00. The fourth-order valence-electron chi connectivity index (χ4n) is 2.05. The average molecular weight is 275 g/mol. The smallest absolute Gasteiger partial charge is 0.225 e. The number of hydrogen-bond acceptors (Lipinski definition) is 6. The van der Waals surface area contributed by atoms with Gasteiger partial charge in [-0.05, 0) is 31.9 Å². The van der Waals surface area contributed by atoms with E-state index in [1.165, 1.54) is 21.6 Å². The summed E-state index contributed by atoms with van der Waals surface area (Å²) in [5, 5.41) is 0. The van der Waals surface area contributed by atoms with Crippen molar-refractivity contribution in [3.05, 3.63) is 34.6 Å². The minimum atomic E-state index is 0.167. The first kappa shape index (κ1) is 13.6. The Morgan fingerprint density at radius 3 is 2.00 bits per heavy atom. The average Bonchev–Trinajstić information content (AvgIpc) is 2.25.